The van der Waals surface area contributed by atoms with E-state index in [-0.39, 0.29) is 16.1 Å². The van der Waals surface area contributed by atoms with E-state index in [1.165, 1.54) is 0 Å². The molecule has 0 radical (unpaired) electrons. The highest BCUT2D eigenvalue weighted by atomic mass is 32.2. The largest absolute Gasteiger partial charge is 0.255 e. The number of benzene rings is 1. The van der Waals surface area contributed by atoms with Crippen LogP contribution in [0.2, 0.25) is 0 Å². The molecule has 9 heteroatoms. The van der Waals surface area contributed by atoms with E-state index in [1.54, 1.807) is 28.7 Å². The standard InChI is InChI=1S/C18H23N3O4S2/c22-26(23,17-5-1-3-15-4-2-10-19-18(15)17)20-13-14-8-11-21(12-9-14)27(24,25)16-6-7-16/h1-5,10,14,16,20H,6-9,11-13H2. The molecule has 0 spiro atoms. The van der Waals surface area contributed by atoms with Crippen molar-refractivity contribution in [2.24, 2.45) is 5.92 Å². The SMILES string of the molecule is O=S(=O)(NCC1CCN(S(=O)(=O)C2CC2)CC1)c1cccc2cccnc12. The van der Waals surface area contributed by atoms with Gasteiger partial charge in [-0.25, -0.2) is 25.9 Å². The molecule has 0 bridgehead atoms. The summed E-state index contributed by atoms with van der Waals surface area (Å²) in [6, 6.07) is 8.70. The Balaban J connectivity index is 1.40. The van der Waals surface area contributed by atoms with Crippen LogP contribution in [0.1, 0.15) is 25.7 Å². The molecule has 2 heterocycles. The van der Waals surface area contributed by atoms with Crippen LogP contribution in [0.15, 0.2) is 41.4 Å². The number of nitrogens with zero attached hydrogens (tertiary/aromatic N) is 2. The van der Waals surface area contributed by atoms with Gasteiger partial charge in [0.2, 0.25) is 20.0 Å². The summed E-state index contributed by atoms with van der Waals surface area (Å²) in [5.41, 5.74) is 0.456. The molecule has 2 aliphatic rings. The van der Waals surface area contributed by atoms with Gasteiger partial charge in [0.1, 0.15) is 4.90 Å². The summed E-state index contributed by atoms with van der Waals surface area (Å²) in [6.45, 7) is 1.25. The van der Waals surface area contributed by atoms with Gasteiger partial charge in [0.25, 0.3) is 0 Å². The fourth-order valence-corrected chi connectivity index (χ4v) is 6.71. The number of pyridine rings is 1. The smallest absolute Gasteiger partial charge is 0.242 e. The maximum atomic E-state index is 12.8. The van der Waals surface area contributed by atoms with Gasteiger partial charge in [-0.05, 0) is 43.7 Å². The summed E-state index contributed by atoms with van der Waals surface area (Å²) in [7, 11) is -6.81. The minimum absolute atomic E-state index is 0.133. The molecule has 0 amide bonds. The van der Waals surface area contributed by atoms with Crippen molar-refractivity contribution in [3.05, 3.63) is 36.5 Å². The third-order valence-electron chi connectivity index (χ3n) is 5.33. The summed E-state index contributed by atoms with van der Waals surface area (Å²) in [6.07, 6.45) is 4.45. The highest BCUT2D eigenvalue weighted by molar-refractivity contribution is 7.90. The first-order chi connectivity index (χ1) is 12.9. The van der Waals surface area contributed by atoms with Gasteiger partial charge in [0, 0.05) is 31.2 Å². The molecule has 1 aromatic carbocycles. The Hall–Kier alpha value is -1.55. The first-order valence-corrected chi connectivity index (χ1v) is 12.2. The average molecular weight is 410 g/mol. The highest BCUT2D eigenvalue weighted by Gasteiger charge is 2.41. The Bertz CT molecular complexity index is 1040. The van der Waals surface area contributed by atoms with Gasteiger partial charge < -0.3 is 0 Å². The average Bonchev–Trinajstić information content (AvgIpc) is 3.52. The number of hydrogen-bond donors (Lipinski definition) is 1. The van der Waals surface area contributed by atoms with Gasteiger partial charge in [-0.1, -0.05) is 18.2 Å². The zero-order valence-corrected chi connectivity index (χ0v) is 16.5. The maximum absolute atomic E-state index is 12.8. The van der Waals surface area contributed by atoms with Crippen molar-refractivity contribution in [3.63, 3.8) is 0 Å². The van der Waals surface area contributed by atoms with Crippen LogP contribution in [0.3, 0.4) is 0 Å². The van der Waals surface area contributed by atoms with Gasteiger partial charge in [-0.2, -0.15) is 0 Å². The summed E-state index contributed by atoms with van der Waals surface area (Å²) < 4.78 is 54.3. The van der Waals surface area contributed by atoms with E-state index in [2.05, 4.69) is 9.71 Å². The van der Waals surface area contributed by atoms with Crippen LogP contribution in [0.4, 0.5) is 0 Å². The van der Waals surface area contributed by atoms with E-state index in [0.29, 0.717) is 38.0 Å². The van der Waals surface area contributed by atoms with Crippen molar-refractivity contribution >= 4 is 30.9 Å². The molecule has 27 heavy (non-hydrogen) atoms. The van der Waals surface area contributed by atoms with Gasteiger partial charge in [0.15, 0.2) is 0 Å². The molecule has 1 aliphatic carbocycles. The quantitative estimate of drug-likeness (QED) is 0.784. The second-order valence-corrected chi connectivity index (χ2v) is 11.2. The second kappa shape index (κ2) is 7.12. The summed E-state index contributed by atoms with van der Waals surface area (Å²) >= 11 is 0. The molecule has 7 nitrogen and oxygen atoms in total. The maximum Gasteiger partial charge on any atom is 0.242 e. The number of para-hydroxylation sites is 1. The normalized spacial score (nSPS) is 20.1. The molecule has 2 fully saturated rings. The number of sulfonamides is 2. The van der Waals surface area contributed by atoms with Crippen molar-refractivity contribution < 1.29 is 16.8 Å². The number of hydrogen-bond acceptors (Lipinski definition) is 5. The van der Waals surface area contributed by atoms with Crippen molar-refractivity contribution in [2.75, 3.05) is 19.6 Å². The predicted molar refractivity (Wildman–Crippen MR) is 103 cm³/mol. The van der Waals surface area contributed by atoms with Gasteiger partial charge in [-0.15, -0.1) is 0 Å². The van der Waals surface area contributed by atoms with Crippen LogP contribution in [-0.4, -0.2) is 51.0 Å². The Morgan fingerprint density at radius 2 is 1.70 bits per heavy atom. The van der Waals surface area contributed by atoms with Gasteiger partial charge in [0.05, 0.1) is 10.8 Å². The summed E-state index contributed by atoms with van der Waals surface area (Å²) in [5, 5.41) is 0.588. The number of piperidine rings is 1. The number of nitrogens with one attached hydrogen (secondary N) is 1. The molecule has 0 unspecified atom stereocenters. The van der Waals surface area contributed by atoms with E-state index in [1.807, 2.05) is 12.1 Å². The topological polar surface area (TPSA) is 96.4 Å². The molecule has 1 saturated heterocycles. The Morgan fingerprint density at radius 1 is 1.00 bits per heavy atom. The third-order valence-corrected chi connectivity index (χ3v) is 9.18. The molecule has 146 valence electrons. The van der Waals surface area contributed by atoms with Crippen LogP contribution in [0, 0.1) is 5.92 Å². The number of rotatable bonds is 6. The first-order valence-electron chi connectivity index (χ1n) is 9.20. The van der Waals surface area contributed by atoms with E-state index in [4.69, 9.17) is 0 Å². The molecule has 4 rings (SSSR count). The third kappa shape index (κ3) is 3.87. The van der Waals surface area contributed by atoms with E-state index < -0.39 is 20.0 Å². The van der Waals surface area contributed by atoms with Crippen LogP contribution in [-0.2, 0) is 20.0 Å². The fraction of sp³-hybridized carbons (Fsp3) is 0.500. The van der Waals surface area contributed by atoms with Crippen LogP contribution < -0.4 is 4.72 Å². The molecule has 1 aromatic heterocycles. The lowest BCUT2D eigenvalue weighted by atomic mass is 9.99. The first kappa shape index (κ1) is 18.8. The van der Waals surface area contributed by atoms with Crippen LogP contribution in [0.5, 0.6) is 0 Å². The Morgan fingerprint density at radius 3 is 2.41 bits per heavy atom. The molecular formula is C18H23N3O4S2. The Labute approximate surface area is 159 Å². The van der Waals surface area contributed by atoms with Crippen molar-refractivity contribution in [1.29, 1.82) is 0 Å². The predicted octanol–water partition coefficient (Wildman–Crippen LogP) is 1.72. The van der Waals surface area contributed by atoms with E-state index >= 15 is 0 Å². The van der Waals surface area contributed by atoms with Gasteiger partial charge >= 0.3 is 0 Å². The highest BCUT2D eigenvalue weighted by Crippen LogP contribution is 2.33. The zero-order chi connectivity index (χ0) is 19.1. The number of aromatic nitrogens is 1. The fourth-order valence-electron chi connectivity index (χ4n) is 3.54. The van der Waals surface area contributed by atoms with Crippen LogP contribution >= 0.6 is 0 Å². The molecule has 1 saturated carbocycles. The second-order valence-electron chi connectivity index (χ2n) is 7.27. The van der Waals surface area contributed by atoms with E-state index in [9.17, 15) is 16.8 Å². The summed E-state index contributed by atoms with van der Waals surface area (Å²) in [4.78, 5) is 4.38. The summed E-state index contributed by atoms with van der Waals surface area (Å²) in [5.74, 6) is 0.133. The Kier molecular flexibility index (Phi) is 4.96. The molecule has 1 N–H and O–H groups in total. The minimum Gasteiger partial charge on any atom is -0.255 e. The molecule has 2 aromatic rings. The molecule has 1 aliphatic heterocycles. The monoisotopic (exact) mass is 409 g/mol. The zero-order valence-electron chi connectivity index (χ0n) is 14.9. The minimum atomic E-state index is -3.68. The van der Waals surface area contributed by atoms with Crippen molar-refractivity contribution in [2.45, 2.75) is 35.8 Å². The lowest BCUT2D eigenvalue weighted by molar-refractivity contribution is 0.274. The molecule has 0 atom stereocenters. The van der Waals surface area contributed by atoms with E-state index in [0.717, 1.165) is 18.2 Å². The van der Waals surface area contributed by atoms with Crippen LogP contribution in [0.25, 0.3) is 10.9 Å². The van der Waals surface area contributed by atoms with Crippen molar-refractivity contribution in [3.8, 4) is 0 Å². The lowest BCUT2D eigenvalue weighted by Crippen LogP contribution is -2.42. The number of fused-ring (bicyclic) bond motifs is 1. The van der Waals surface area contributed by atoms with Crippen molar-refractivity contribution in [1.82, 2.24) is 14.0 Å². The lowest BCUT2D eigenvalue weighted by Gasteiger charge is -2.31. The molecular weight excluding hydrogens is 386 g/mol. The van der Waals surface area contributed by atoms with Gasteiger partial charge in [-0.3, -0.25) is 4.98 Å².